The van der Waals surface area contributed by atoms with Crippen molar-refractivity contribution in [2.75, 3.05) is 13.7 Å². The van der Waals surface area contributed by atoms with Crippen LogP contribution in [0.4, 0.5) is 4.39 Å². The van der Waals surface area contributed by atoms with E-state index in [1.807, 2.05) is 0 Å². The zero-order chi connectivity index (χ0) is 18.2. The monoisotopic (exact) mass is 345 g/mol. The minimum Gasteiger partial charge on any atom is -0.507 e. The van der Waals surface area contributed by atoms with Gasteiger partial charge in [-0.15, -0.1) is 0 Å². The van der Waals surface area contributed by atoms with Crippen LogP contribution in [0.1, 0.15) is 15.9 Å². The van der Waals surface area contributed by atoms with Crippen LogP contribution in [0.15, 0.2) is 47.6 Å². The van der Waals surface area contributed by atoms with Gasteiger partial charge in [-0.1, -0.05) is 0 Å². The molecule has 8 heteroatoms. The molecule has 2 aromatic carbocycles. The van der Waals surface area contributed by atoms with Crippen molar-refractivity contribution in [3.05, 3.63) is 59.4 Å². The number of phenolic OH excluding ortho intramolecular Hbond substituents is 1. The lowest BCUT2D eigenvalue weighted by molar-refractivity contribution is -0.120. The number of nitrogens with one attached hydrogen (secondary N) is 2. The van der Waals surface area contributed by atoms with E-state index in [0.29, 0.717) is 11.3 Å². The van der Waals surface area contributed by atoms with Gasteiger partial charge in [-0.2, -0.15) is 5.10 Å². The number of nitrogens with zero attached hydrogens (tertiary/aromatic N) is 1. The highest BCUT2D eigenvalue weighted by Gasteiger charge is 2.07. The van der Waals surface area contributed by atoms with Crippen molar-refractivity contribution in [3.63, 3.8) is 0 Å². The molecule has 0 atom stereocenters. The highest BCUT2D eigenvalue weighted by molar-refractivity contribution is 5.96. The first kappa shape index (κ1) is 17.9. The van der Waals surface area contributed by atoms with Crippen molar-refractivity contribution in [1.82, 2.24) is 10.7 Å². The molecule has 3 N–H and O–H groups in total. The van der Waals surface area contributed by atoms with Crippen LogP contribution < -0.4 is 15.5 Å². The summed E-state index contributed by atoms with van der Waals surface area (Å²) in [4.78, 5) is 23.4. The summed E-state index contributed by atoms with van der Waals surface area (Å²) in [6.07, 6.45) is 1.25. The van der Waals surface area contributed by atoms with E-state index in [-0.39, 0.29) is 17.9 Å². The molecule has 130 valence electrons. The molecule has 0 unspecified atom stereocenters. The Kier molecular flexibility index (Phi) is 6.05. The lowest BCUT2D eigenvalue weighted by Gasteiger charge is -2.05. The fraction of sp³-hybridized carbons (Fsp3) is 0.118. The predicted octanol–water partition coefficient (Wildman–Crippen LogP) is 1.42. The lowest BCUT2D eigenvalue weighted by atomic mass is 10.2. The molecular formula is C17H16FN3O4. The minimum atomic E-state index is -0.561. The number of carbonyl (C=O) groups is 2. The Hall–Kier alpha value is -3.42. The van der Waals surface area contributed by atoms with Gasteiger partial charge in [0.15, 0.2) is 0 Å². The second-order valence-electron chi connectivity index (χ2n) is 4.91. The maximum absolute atomic E-state index is 12.8. The molecule has 0 heterocycles. The molecule has 2 aromatic rings. The Balaban J connectivity index is 1.84. The number of rotatable bonds is 6. The van der Waals surface area contributed by atoms with E-state index in [1.54, 1.807) is 12.1 Å². The highest BCUT2D eigenvalue weighted by atomic mass is 19.1. The third-order valence-corrected chi connectivity index (χ3v) is 3.14. The summed E-state index contributed by atoms with van der Waals surface area (Å²) in [6, 6.07) is 9.49. The van der Waals surface area contributed by atoms with Crippen molar-refractivity contribution < 1.29 is 23.8 Å². The minimum absolute atomic E-state index is 0.0246. The lowest BCUT2D eigenvalue weighted by Crippen LogP contribution is -2.34. The summed E-state index contributed by atoms with van der Waals surface area (Å²) in [7, 11) is 1.49. The first-order chi connectivity index (χ1) is 12.0. The summed E-state index contributed by atoms with van der Waals surface area (Å²) in [5.74, 6) is -1.02. The van der Waals surface area contributed by atoms with Crippen molar-refractivity contribution in [2.24, 2.45) is 5.10 Å². The zero-order valence-electron chi connectivity index (χ0n) is 13.3. The SMILES string of the molecule is COc1ccc(O)c(C=NNC(=O)CNC(=O)c2ccc(F)cc2)c1. The summed E-state index contributed by atoms with van der Waals surface area (Å²) < 4.78 is 17.8. The molecule has 0 bridgehead atoms. The summed E-state index contributed by atoms with van der Waals surface area (Å²) in [5.41, 5.74) is 2.81. The highest BCUT2D eigenvalue weighted by Crippen LogP contribution is 2.20. The van der Waals surface area contributed by atoms with Gasteiger partial charge in [-0.25, -0.2) is 9.82 Å². The van der Waals surface area contributed by atoms with Crippen LogP contribution in [0, 0.1) is 5.82 Å². The van der Waals surface area contributed by atoms with E-state index < -0.39 is 17.6 Å². The normalized spacial score (nSPS) is 10.5. The van der Waals surface area contributed by atoms with Crippen molar-refractivity contribution >= 4 is 18.0 Å². The van der Waals surface area contributed by atoms with Gasteiger partial charge in [0.2, 0.25) is 0 Å². The molecule has 25 heavy (non-hydrogen) atoms. The summed E-state index contributed by atoms with van der Waals surface area (Å²) in [5, 5.41) is 15.8. The van der Waals surface area contributed by atoms with Crippen LogP contribution >= 0.6 is 0 Å². The third-order valence-electron chi connectivity index (χ3n) is 3.14. The molecule has 0 saturated carbocycles. The maximum atomic E-state index is 12.8. The van der Waals surface area contributed by atoms with Crippen LogP contribution in [0.25, 0.3) is 0 Å². The third kappa shape index (κ3) is 5.31. The quantitative estimate of drug-likeness (QED) is 0.544. The smallest absolute Gasteiger partial charge is 0.259 e. The Morgan fingerprint density at radius 3 is 2.64 bits per heavy atom. The van der Waals surface area contributed by atoms with Gasteiger partial charge in [0.1, 0.15) is 17.3 Å². The van der Waals surface area contributed by atoms with Gasteiger partial charge in [0.05, 0.1) is 19.9 Å². The van der Waals surface area contributed by atoms with E-state index >= 15 is 0 Å². The largest absolute Gasteiger partial charge is 0.507 e. The molecule has 0 radical (unpaired) electrons. The van der Waals surface area contributed by atoms with Gasteiger partial charge in [-0.05, 0) is 42.5 Å². The second kappa shape index (κ2) is 8.44. The van der Waals surface area contributed by atoms with Gasteiger partial charge in [-0.3, -0.25) is 9.59 Å². The van der Waals surface area contributed by atoms with Crippen molar-refractivity contribution in [3.8, 4) is 11.5 Å². The zero-order valence-corrected chi connectivity index (χ0v) is 13.3. The fourth-order valence-corrected chi connectivity index (χ4v) is 1.84. The number of aromatic hydroxyl groups is 1. The van der Waals surface area contributed by atoms with Gasteiger partial charge >= 0.3 is 0 Å². The van der Waals surface area contributed by atoms with Crippen LogP contribution in [0.2, 0.25) is 0 Å². The first-order valence-electron chi connectivity index (χ1n) is 7.22. The van der Waals surface area contributed by atoms with Gasteiger partial charge in [0, 0.05) is 11.1 Å². The molecule has 0 aromatic heterocycles. The van der Waals surface area contributed by atoms with Crippen LogP contribution in [0.3, 0.4) is 0 Å². The molecule has 0 spiro atoms. The topological polar surface area (TPSA) is 100 Å². The number of methoxy groups -OCH3 is 1. The number of benzene rings is 2. The molecule has 2 rings (SSSR count). The summed E-state index contributed by atoms with van der Waals surface area (Å²) >= 11 is 0. The molecule has 0 fully saturated rings. The number of amides is 2. The Labute approximate surface area is 143 Å². The molecule has 0 saturated heterocycles. The predicted molar refractivity (Wildman–Crippen MR) is 89.1 cm³/mol. The Morgan fingerprint density at radius 2 is 1.96 bits per heavy atom. The number of phenols is 1. The number of ether oxygens (including phenoxy) is 1. The van der Waals surface area contributed by atoms with Crippen LogP contribution in [0.5, 0.6) is 11.5 Å². The average molecular weight is 345 g/mol. The number of hydrazone groups is 1. The van der Waals surface area contributed by atoms with Crippen molar-refractivity contribution in [2.45, 2.75) is 0 Å². The Bertz CT molecular complexity index is 791. The molecule has 2 amide bonds. The van der Waals surface area contributed by atoms with E-state index in [4.69, 9.17) is 4.74 Å². The molecule has 0 aliphatic carbocycles. The fourth-order valence-electron chi connectivity index (χ4n) is 1.84. The first-order valence-corrected chi connectivity index (χ1v) is 7.22. The summed E-state index contributed by atoms with van der Waals surface area (Å²) in [6.45, 7) is -0.308. The molecule has 0 aliphatic heterocycles. The second-order valence-corrected chi connectivity index (χ2v) is 4.91. The van der Waals surface area contributed by atoms with E-state index in [2.05, 4.69) is 15.8 Å². The maximum Gasteiger partial charge on any atom is 0.259 e. The standard InChI is InChI=1S/C17H16FN3O4/c1-25-14-6-7-15(22)12(8-14)9-20-21-16(23)10-19-17(24)11-2-4-13(18)5-3-11/h2-9,22H,10H2,1H3,(H,19,24)(H,21,23). The van der Waals surface area contributed by atoms with E-state index in [0.717, 1.165) is 12.1 Å². The Morgan fingerprint density at radius 1 is 1.24 bits per heavy atom. The molecule has 7 nitrogen and oxygen atoms in total. The molecular weight excluding hydrogens is 329 g/mol. The van der Waals surface area contributed by atoms with Gasteiger partial charge in [0.25, 0.3) is 11.8 Å². The van der Waals surface area contributed by atoms with E-state index in [9.17, 15) is 19.1 Å². The number of halogens is 1. The van der Waals surface area contributed by atoms with Gasteiger partial charge < -0.3 is 15.2 Å². The van der Waals surface area contributed by atoms with E-state index in [1.165, 1.54) is 31.5 Å². The average Bonchev–Trinajstić information content (AvgIpc) is 2.62. The number of hydrogen-bond donors (Lipinski definition) is 3. The van der Waals surface area contributed by atoms with Crippen LogP contribution in [-0.4, -0.2) is 36.8 Å². The van der Waals surface area contributed by atoms with Crippen molar-refractivity contribution in [1.29, 1.82) is 0 Å². The number of carbonyl (C=O) groups excluding carboxylic acids is 2. The molecule has 0 aliphatic rings. The van der Waals surface area contributed by atoms with Crippen LogP contribution in [-0.2, 0) is 4.79 Å². The number of hydrogen-bond acceptors (Lipinski definition) is 5.